The average molecular weight is 249 g/mol. The number of rotatable bonds is 4. The Kier molecular flexibility index (Phi) is 3.76. The van der Waals surface area contributed by atoms with Gasteiger partial charge in [-0.25, -0.2) is 0 Å². The molecule has 0 aliphatic carbocycles. The van der Waals surface area contributed by atoms with Crippen molar-refractivity contribution < 1.29 is 9.84 Å². The number of hydrogen-bond donors (Lipinski definition) is 1. The number of aromatic nitrogens is 1. The van der Waals surface area contributed by atoms with Gasteiger partial charge < -0.3 is 9.84 Å². The highest BCUT2D eigenvalue weighted by molar-refractivity contribution is 7.10. The summed E-state index contributed by atoms with van der Waals surface area (Å²) in [6.45, 7) is 2.08. The van der Waals surface area contributed by atoms with Crippen LogP contribution in [0.2, 0.25) is 0 Å². The summed E-state index contributed by atoms with van der Waals surface area (Å²) in [5.41, 5.74) is 1.74. The van der Waals surface area contributed by atoms with Crippen LogP contribution in [0.3, 0.4) is 0 Å². The maximum Gasteiger partial charge on any atom is 0.143 e. The van der Waals surface area contributed by atoms with Crippen LogP contribution in [0.5, 0.6) is 5.75 Å². The molecule has 2 rings (SSSR count). The topological polar surface area (TPSA) is 42.4 Å². The molecule has 0 bridgehead atoms. The molecule has 17 heavy (non-hydrogen) atoms. The monoisotopic (exact) mass is 249 g/mol. The summed E-state index contributed by atoms with van der Waals surface area (Å²) < 4.78 is 5.22. The standard InChI is InChI=1S/C13H15NO2S/c1-3-9-6-8-17-13(9)12(15)11-10(16-2)5-4-7-14-11/h4-8,12,15H,3H2,1-2H3. The third kappa shape index (κ3) is 2.33. The number of aryl methyl sites for hydroxylation is 1. The van der Waals surface area contributed by atoms with E-state index in [1.165, 1.54) is 0 Å². The molecule has 0 fully saturated rings. The molecule has 0 spiro atoms. The van der Waals surface area contributed by atoms with Crippen molar-refractivity contribution >= 4 is 11.3 Å². The maximum absolute atomic E-state index is 10.4. The Morgan fingerprint density at radius 1 is 1.47 bits per heavy atom. The molecule has 2 aromatic heterocycles. The molecule has 0 aromatic carbocycles. The largest absolute Gasteiger partial charge is 0.495 e. The summed E-state index contributed by atoms with van der Waals surface area (Å²) in [7, 11) is 1.59. The van der Waals surface area contributed by atoms with Gasteiger partial charge in [0.1, 0.15) is 17.5 Å². The van der Waals surface area contributed by atoms with Gasteiger partial charge in [0.25, 0.3) is 0 Å². The van der Waals surface area contributed by atoms with Crippen molar-refractivity contribution in [2.24, 2.45) is 0 Å². The van der Waals surface area contributed by atoms with E-state index < -0.39 is 6.10 Å². The van der Waals surface area contributed by atoms with Gasteiger partial charge in [0.15, 0.2) is 0 Å². The van der Waals surface area contributed by atoms with Crippen LogP contribution in [0.4, 0.5) is 0 Å². The number of aliphatic hydroxyl groups excluding tert-OH is 1. The second kappa shape index (κ2) is 5.29. The molecule has 1 unspecified atom stereocenters. The molecule has 1 atom stereocenters. The highest BCUT2D eigenvalue weighted by Gasteiger charge is 2.20. The predicted octanol–water partition coefficient (Wildman–Crippen LogP) is 2.80. The molecule has 1 N–H and O–H groups in total. The van der Waals surface area contributed by atoms with Gasteiger partial charge in [-0.05, 0) is 35.6 Å². The fourth-order valence-corrected chi connectivity index (χ4v) is 2.77. The minimum absolute atomic E-state index is 0.576. The highest BCUT2D eigenvalue weighted by Crippen LogP contribution is 2.33. The Hall–Kier alpha value is -1.39. The lowest BCUT2D eigenvalue weighted by Gasteiger charge is -2.13. The molecule has 0 aliphatic heterocycles. The van der Waals surface area contributed by atoms with E-state index in [0.29, 0.717) is 11.4 Å². The van der Waals surface area contributed by atoms with Crippen LogP contribution in [0.15, 0.2) is 29.8 Å². The van der Waals surface area contributed by atoms with Gasteiger partial charge in [-0.1, -0.05) is 6.92 Å². The molecule has 0 aliphatic rings. The first-order valence-corrected chi connectivity index (χ1v) is 6.39. The van der Waals surface area contributed by atoms with Crippen LogP contribution in [0, 0.1) is 0 Å². The lowest BCUT2D eigenvalue weighted by atomic mass is 10.1. The zero-order valence-corrected chi connectivity index (χ0v) is 10.7. The molecule has 3 nitrogen and oxygen atoms in total. The SMILES string of the molecule is CCc1ccsc1C(O)c1ncccc1OC. The predicted molar refractivity (Wildman–Crippen MR) is 68.5 cm³/mol. The van der Waals surface area contributed by atoms with Crippen LogP contribution in [0.1, 0.15) is 29.2 Å². The Morgan fingerprint density at radius 2 is 2.29 bits per heavy atom. The minimum Gasteiger partial charge on any atom is -0.495 e. The number of pyridine rings is 1. The first-order valence-electron chi connectivity index (χ1n) is 5.51. The summed E-state index contributed by atoms with van der Waals surface area (Å²) in [6.07, 6.45) is 1.87. The lowest BCUT2D eigenvalue weighted by Crippen LogP contribution is -2.05. The van der Waals surface area contributed by atoms with Gasteiger partial charge in [0, 0.05) is 11.1 Å². The summed E-state index contributed by atoms with van der Waals surface area (Å²) in [4.78, 5) is 5.16. The summed E-state index contributed by atoms with van der Waals surface area (Å²) in [6, 6.07) is 5.65. The van der Waals surface area contributed by atoms with Gasteiger partial charge in [-0.3, -0.25) is 4.98 Å². The van der Waals surface area contributed by atoms with Crippen molar-refractivity contribution in [3.63, 3.8) is 0 Å². The van der Waals surface area contributed by atoms with Crippen LogP contribution < -0.4 is 4.74 Å². The van der Waals surface area contributed by atoms with Crippen molar-refractivity contribution in [3.8, 4) is 5.75 Å². The van der Waals surface area contributed by atoms with E-state index in [2.05, 4.69) is 11.9 Å². The molecule has 0 amide bonds. The van der Waals surface area contributed by atoms with E-state index in [0.717, 1.165) is 16.9 Å². The maximum atomic E-state index is 10.4. The number of thiophene rings is 1. The van der Waals surface area contributed by atoms with Crippen molar-refractivity contribution in [1.82, 2.24) is 4.98 Å². The van der Waals surface area contributed by atoms with E-state index in [-0.39, 0.29) is 0 Å². The van der Waals surface area contributed by atoms with Gasteiger partial charge in [0.2, 0.25) is 0 Å². The van der Waals surface area contributed by atoms with Crippen molar-refractivity contribution in [3.05, 3.63) is 45.9 Å². The molecule has 0 saturated heterocycles. The second-order valence-corrected chi connectivity index (χ2v) is 4.60. The Labute approximate surface area is 105 Å². The summed E-state index contributed by atoms with van der Waals surface area (Å²) in [5.74, 6) is 0.621. The average Bonchev–Trinajstić information content (AvgIpc) is 2.86. The van der Waals surface area contributed by atoms with Crippen LogP contribution >= 0.6 is 11.3 Å². The lowest BCUT2D eigenvalue weighted by molar-refractivity contribution is 0.212. The fourth-order valence-electron chi connectivity index (χ4n) is 1.78. The van der Waals surface area contributed by atoms with Gasteiger partial charge in [-0.15, -0.1) is 11.3 Å². The van der Waals surface area contributed by atoms with Crippen LogP contribution in [-0.2, 0) is 6.42 Å². The van der Waals surface area contributed by atoms with E-state index in [1.807, 2.05) is 17.5 Å². The molecule has 4 heteroatoms. The first-order chi connectivity index (χ1) is 8.27. The Bertz CT molecular complexity index is 496. The molecule has 0 saturated carbocycles. The third-order valence-corrected chi connectivity index (χ3v) is 3.70. The number of methoxy groups -OCH3 is 1. The second-order valence-electron chi connectivity index (χ2n) is 3.66. The van der Waals surface area contributed by atoms with Crippen LogP contribution in [-0.4, -0.2) is 17.2 Å². The third-order valence-electron chi connectivity index (χ3n) is 2.69. The summed E-state index contributed by atoms with van der Waals surface area (Å²) in [5, 5.41) is 12.4. The number of ether oxygens (including phenoxy) is 1. The molecule has 0 radical (unpaired) electrons. The number of aliphatic hydroxyl groups is 1. The molecular weight excluding hydrogens is 234 g/mol. The normalized spacial score (nSPS) is 12.4. The quantitative estimate of drug-likeness (QED) is 0.906. The first kappa shape index (κ1) is 12.1. The van der Waals surface area contributed by atoms with Crippen molar-refractivity contribution in [1.29, 1.82) is 0 Å². The summed E-state index contributed by atoms with van der Waals surface area (Å²) >= 11 is 1.55. The Morgan fingerprint density at radius 3 is 3.00 bits per heavy atom. The minimum atomic E-state index is -0.707. The van der Waals surface area contributed by atoms with E-state index in [9.17, 15) is 5.11 Å². The molecule has 90 valence electrons. The number of nitrogens with zero attached hydrogens (tertiary/aromatic N) is 1. The van der Waals surface area contributed by atoms with Gasteiger partial charge in [-0.2, -0.15) is 0 Å². The smallest absolute Gasteiger partial charge is 0.143 e. The molecular formula is C13H15NO2S. The zero-order chi connectivity index (χ0) is 12.3. The number of hydrogen-bond acceptors (Lipinski definition) is 4. The van der Waals surface area contributed by atoms with E-state index >= 15 is 0 Å². The van der Waals surface area contributed by atoms with Crippen molar-refractivity contribution in [2.75, 3.05) is 7.11 Å². The zero-order valence-electron chi connectivity index (χ0n) is 9.88. The van der Waals surface area contributed by atoms with Crippen molar-refractivity contribution in [2.45, 2.75) is 19.4 Å². The van der Waals surface area contributed by atoms with Gasteiger partial charge >= 0.3 is 0 Å². The highest BCUT2D eigenvalue weighted by atomic mass is 32.1. The van der Waals surface area contributed by atoms with E-state index in [4.69, 9.17) is 4.74 Å². The molecule has 2 heterocycles. The Balaban J connectivity index is 2.40. The van der Waals surface area contributed by atoms with E-state index in [1.54, 1.807) is 30.7 Å². The fraction of sp³-hybridized carbons (Fsp3) is 0.308. The van der Waals surface area contributed by atoms with Crippen LogP contribution in [0.25, 0.3) is 0 Å². The van der Waals surface area contributed by atoms with Gasteiger partial charge in [0.05, 0.1) is 7.11 Å². The molecule has 2 aromatic rings.